The molecule has 0 amide bonds. The van der Waals surface area contributed by atoms with Gasteiger partial charge >= 0.3 is 0 Å². The maximum absolute atomic E-state index is 9.44. The van der Waals surface area contributed by atoms with Crippen molar-refractivity contribution < 1.29 is 10.2 Å². The Bertz CT molecular complexity index is 406. The Balaban J connectivity index is 2.84. The molecule has 0 atom stereocenters. The van der Waals surface area contributed by atoms with Gasteiger partial charge in [0, 0.05) is 10.1 Å². The third kappa shape index (κ3) is 3.81. The molecule has 1 aromatic rings. The molecule has 0 saturated heterocycles. The van der Waals surface area contributed by atoms with Crippen LogP contribution in [0.25, 0.3) is 0 Å². The first-order valence-corrected chi connectivity index (χ1v) is 5.68. The summed E-state index contributed by atoms with van der Waals surface area (Å²) >= 11 is 7.09. The molecule has 15 heavy (non-hydrogen) atoms. The van der Waals surface area contributed by atoms with Gasteiger partial charge in [-0.3, -0.25) is 0 Å². The molecule has 0 spiro atoms. The normalized spacial score (nSPS) is 12.3. The number of amidine groups is 1. The molecule has 1 aromatic carbocycles. The monoisotopic (exact) mass is 244 g/mol. The van der Waals surface area contributed by atoms with E-state index < -0.39 is 0 Å². The summed E-state index contributed by atoms with van der Waals surface area (Å²) in [5.41, 5.74) is 6.00. The minimum Gasteiger partial charge on any atom is -0.507 e. The maximum atomic E-state index is 9.44. The molecule has 0 heterocycles. The number of hydrogen-bond donors (Lipinski definition) is 3. The van der Waals surface area contributed by atoms with Crippen molar-refractivity contribution in [3.05, 3.63) is 28.8 Å². The molecule has 6 heteroatoms. The first-order chi connectivity index (χ1) is 7.13. The first kappa shape index (κ1) is 11.9. The number of nitrogens with two attached hydrogens (primary N) is 1. The molecule has 0 fully saturated rings. The van der Waals surface area contributed by atoms with Gasteiger partial charge < -0.3 is 10.8 Å². The number of benzene rings is 1. The topological polar surface area (TPSA) is 72.6 Å². The van der Waals surface area contributed by atoms with Crippen molar-refractivity contribution >= 4 is 34.7 Å². The van der Waals surface area contributed by atoms with Crippen LogP contribution in [0.3, 0.4) is 0 Å². The lowest BCUT2D eigenvalue weighted by Crippen LogP contribution is -2.62. The van der Waals surface area contributed by atoms with Crippen molar-refractivity contribution in [1.82, 2.24) is 0 Å². The summed E-state index contributed by atoms with van der Waals surface area (Å²) in [5.74, 6) is 0.129. The van der Waals surface area contributed by atoms with Crippen molar-refractivity contribution in [3.8, 4) is 5.75 Å². The second-order valence-electron chi connectivity index (χ2n) is 2.63. The average molecular weight is 245 g/mol. The number of nitrogens with zero attached hydrogens (tertiary/aromatic N) is 1. The van der Waals surface area contributed by atoms with Crippen LogP contribution < -0.4 is 10.8 Å². The van der Waals surface area contributed by atoms with Gasteiger partial charge in [-0.15, -0.1) is 5.10 Å². The fourth-order valence-electron chi connectivity index (χ4n) is 0.852. The van der Waals surface area contributed by atoms with Gasteiger partial charge in [-0.1, -0.05) is 23.4 Å². The number of aromatic hydroxyl groups is 1. The first-order valence-electron chi connectivity index (χ1n) is 4.08. The van der Waals surface area contributed by atoms with Crippen LogP contribution in [0.4, 0.5) is 0 Å². The Labute approximate surface area is 96.8 Å². The Morgan fingerprint density at radius 2 is 2.40 bits per heavy atom. The van der Waals surface area contributed by atoms with Crippen LogP contribution >= 0.6 is 23.4 Å². The lowest BCUT2D eigenvalue weighted by molar-refractivity contribution is -0.456. The predicted octanol–water partition coefficient (Wildman–Crippen LogP) is 0.138. The third-order valence-corrected chi connectivity index (χ3v) is 2.34. The lowest BCUT2D eigenvalue weighted by Gasteiger charge is -1.94. The molecule has 1 rings (SSSR count). The summed E-state index contributed by atoms with van der Waals surface area (Å²) in [5, 5.41) is 16.8. The highest BCUT2D eigenvalue weighted by Crippen LogP contribution is 2.18. The molecule has 0 radical (unpaired) electrons. The van der Waals surface area contributed by atoms with Gasteiger partial charge in [-0.05, 0) is 24.5 Å². The van der Waals surface area contributed by atoms with E-state index in [1.54, 1.807) is 12.1 Å². The van der Waals surface area contributed by atoms with Crippen molar-refractivity contribution in [2.24, 2.45) is 10.8 Å². The van der Waals surface area contributed by atoms with E-state index in [0.717, 1.165) is 0 Å². The van der Waals surface area contributed by atoms with Crippen LogP contribution in [0.1, 0.15) is 5.56 Å². The quantitative estimate of drug-likeness (QED) is 0.394. The van der Waals surface area contributed by atoms with E-state index in [-0.39, 0.29) is 5.75 Å². The van der Waals surface area contributed by atoms with Crippen LogP contribution in [0.2, 0.25) is 5.02 Å². The number of nitrogens with one attached hydrogen (secondary N) is 1. The predicted molar refractivity (Wildman–Crippen MR) is 64.4 cm³/mol. The van der Waals surface area contributed by atoms with Gasteiger partial charge in [0.1, 0.15) is 5.75 Å². The van der Waals surface area contributed by atoms with Crippen molar-refractivity contribution in [3.63, 3.8) is 0 Å². The van der Waals surface area contributed by atoms with E-state index in [1.807, 2.05) is 6.26 Å². The Morgan fingerprint density at radius 1 is 1.67 bits per heavy atom. The van der Waals surface area contributed by atoms with Crippen LogP contribution in [0.15, 0.2) is 23.3 Å². The number of hydrazone groups is 1. The SMILES string of the molecule is CSC(N)=N[NH+]=Cc1cc(Cl)ccc1O. The molecule has 0 aliphatic heterocycles. The molecule has 0 bridgehead atoms. The van der Waals surface area contributed by atoms with Crippen LogP contribution in [-0.2, 0) is 0 Å². The number of halogens is 1. The van der Waals surface area contributed by atoms with E-state index in [9.17, 15) is 5.11 Å². The average Bonchev–Trinajstić information content (AvgIpc) is 2.23. The van der Waals surface area contributed by atoms with E-state index in [1.165, 1.54) is 24.0 Å². The maximum Gasteiger partial charge on any atom is 0.225 e. The highest BCUT2D eigenvalue weighted by Gasteiger charge is 2.01. The van der Waals surface area contributed by atoms with E-state index in [2.05, 4.69) is 10.2 Å². The number of phenols is 1. The Hall–Kier alpha value is -1.20. The Morgan fingerprint density at radius 3 is 3.07 bits per heavy atom. The van der Waals surface area contributed by atoms with Crippen LogP contribution in [0.5, 0.6) is 5.75 Å². The molecule has 0 aliphatic carbocycles. The molecular weight excluding hydrogens is 234 g/mol. The number of thioether (sulfide) groups is 1. The fourth-order valence-corrected chi connectivity index (χ4v) is 1.18. The minimum absolute atomic E-state index is 0.129. The zero-order chi connectivity index (χ0) is 11.3. The van der Waals surface area contributed by atoms with Gasteiger partial charge in [0.15, 0.2) is 0 Å². The van der Waals surface area contributed by atoms with Gasteiger partial charge in [-0.2, -0.15) is 0 Å². The van der Waals surface area contributed by atoms with Crippen molar-refractivity contribution in [1.29, 1.82) is 0 Å². The molecule has 4 nitrogen and oxygen atoms in total. The Kier molecular flexibility index (Phi) is 4.45. The number of phenolic OH excluding ortho intramolecular Hbond substituents is 1. The number of rotatable bonds is 2. The van der Waals surface area contributed by atoms with Crippen LogP contribution in [0, 0.1) is 0 Å². The van der Waals surface area contributed by atoms with Crippen molar-refractivity contribution in [2.45, 2.75) is 0 Å². The summed E-state index contributed by atoms with van der Waals surface area (Å²) < 4.78 is 0. The molecular formula is C9H11ClN3OS+. The summed E-state index contributed by atoms with van der Waals surface area (Å²) in [6.45, 7) is 0. The smallest absolute Gasteiger partial charge is 0.225 e. The number of hydrogen-bond acceptors (Lipinski definition) is 3. The minimum atomic E-state index is 0.129. The second kappa shape index (κ2) is 5.63. The van der Waals surface area contributed by atoms with Gasteiger partial charge in [0.25, 0.3) is 0 Å². The highest BCUT2D eigenvalue weighted by atomic mass is 35.5. The van der Waals surface area contributed by atoms with Gasteiger partial charge in [0.2, 0.25) is 11.4 Å². The standard InChI is InChI=1S/C9H10ClN3OS/c1-15-9(11)13-12-5-6-4-7(10)2-3-8(6)14/h2-5,14H,1H3,(H2,11,13)/p+1. The van der Waals surface area contributed by atoms with Gasteiger partial charge in [0.05, 0.1) is 5.56 Å². The third-order valence-electron chi connectivity index (χ3n) is 1.59. The lowest BCUT2D eigenvalue weighted by atomic mass is 10.2. The highest BCUT2D eigenvalue weighted by molar-refractivity contribution is 8.13. The summed E-state index contributed by atoms with van der Waals surface area (Å²) in [6, 6.07) is 4.74. The zero-order valence-electron chi connectivity index (χ0n) is 8.07. The molecule has 0 aromatic heterocycles. The van der Waals surface area contributed by atoms with Crippen molar-refractivity contribution in [2.75, 3.05) is 6.26 Å². The summed E-state index contributed by atoms with van der Waals surface area (Å²) in [7, 11) is 0. The summed E-state index contributed by atoms with van der Waals surface area (Å²) in [6.07, 6.45) is 3.33. The summed E-state index contributed by atoms with van der Waals surface area (Å²) in [4.78, 5) is 0. The second-order valence-corrected chi connectivity index (χ2v) is 3.89. The molecule has 0 unspecified atom stereocenters. The zero-order valence-corrected chi connectivity index (χ0v) is 9.64. The largest absolute Gasteiger partial charge is 0.507 e. The van der Waals surface area contributed by atoms with Crippen LogP contribution in [-0.4, -0.2) is 22.7 Å². The fraction of sp³-hybridized carbons (Fsp3) is 0.111. The van der Waals surface area contributed by atoms with E-state index >= 15 is 0 Å². The molecule has 80 valence electrons. The van der Waals surface area contributed by atoms with E-state index in [0.29, 0.717) is 15.8 Å². The van der Waals surface area contributed by atoms with E-state index in [4.69, 9.17) is 17.3 Å². The molecule has 0 aliphatic rings. The molecule has 0 saturated carbocycles. The molecule has 4 N–H and O–H groups in total. The van der Waals surface area contributed by atoms with Gasteiger partial charge in [-0.25, -0.2) is 0 Å².